The second-order valence-corrected chi connectivity index (χ2v) is 8.20. The molecule has 1 aromatic heterocycles. The number of thioether (sulfide) groups is 1. The molecule has 0 aliphatic heterocycles. The van der Waals surface area contributed by atoms with Crippen LogP contribution in [0.3, 0.4) is 0 Å². The summed E-state index contributed by atoms with van der Waals surface area (Å²) in [6.07, 6.45) is 4.86. The van der Waals surface area contributed by atoms with Crippen LogP contribution in [0.4, 0.5) is 5.69 Å². The van der Waals surface area contributed by atoms with Crippen LogP contribution < -0.4 is 4.90 Å². The number of anilines is 1. The Bertz CT molecular complexity index is 752. The Morgan fingerprint density at radius 1 is 1.24 bits per heavy atom. The normalized spacial score (nSPS) is 18.2. The van der Waals surface area contributed by atoms with Gasteiger partial charge >= 0.3 is 0 Å². The van der Waals surface area contributed by atoms with Crippen LogP contribution in [0, 0.1) is 0 Å². The van der Waals surface area contributed by atoms with Gasteiger partial charge in [-0.25, -0.2) is 0 Å². The van der Waals surface area contributed by atoms with E-state index in [9.17, 15) is 4.79 Å². The first-order chi connectivity index (χ1) is 12.2. The van der Waals surface area contributed by atoms with Gasteiger partial charge in [-0.05, 0) is 51.7 Å². The quantitative estimate of drug-likeness (QED) is 0.703. The molecule has 0 unspecified atom stereocenters. The maximum Gasteiger partial charge on any atom is 0.240 e. The van der Waals surface area contributed by atoms with Crippen LogP contribution in [0.15, 0.2) is 35.5 Å². The van der Waals surface area contributed by atoms with E-state index in [0.29, 0.717) is 18.5 Å². The number of amides is 1. The summed E-state index contributed by atoms with van der Waals surface area (Å²) in [6, 6.07) is 10.4. The van der Waals surface area contributed by atoms with Gasteiger partial charge in [-0.15, -0.1) is 10.2 Å². The van der Waals surface area contributed by atoms with Crippen molar-refractivity contribution in [1.29, 1.82) is 0 Å². The second-order valence-electron chi connectivity index (χ2n) is 6.89. The molecule has 0 N–H and O–H groups in total. The summed E-state index contributed by atoms with van der Waals surface area (Å²) in [5, 5.41) is 9.59. The zero-order valence-electron chi connectivity index (χ0n) is 14.8. The number of hydrogen-bond acceptors (Lipinski definition) is 4. The van der Waals surface area contributed by atoms with Crippen molar-refractivity contribution in [3.63, 3.8) is 0 Å². The lowest BCUT2D eigenvalue weighted by molar-refractivity contribution is -0.117. The van der Waals surface area contributed by atoms with Crippen molar-refractivity contribution in [3.05, 3.63) is 36.2 Å². The van der Waals surface area contributed by atoms with Crippen molar-refractivity contribution in [2.24, 2.45) is 0 Å². The van der Waals surface area contributed by atoms with E-state index in [1.165, 1.54) is 25.7 Å². The van der Waals surface area contributed by atoms with Gasteiger partial charge in [0.2, 0.25) is 5.91 Å². The van der Waals surface area contributed by atoms with Crippen molar-refractivity contribution in [3.8, 4) is 0 Å². The Hall–Kier alpha value is -1.82. The predicted octanol–water partition coefficient (Wildman–Crippen LogP) is 4.02. The molecule has 2 saturated carbocycles. The van der Waals surface area contributed by atoms with Crippen molar-refractivity contribution in [1.82, 2.24) is 14.8 Å². The van der Waals surface area contributed by atoms with Crippen LogP contribution in [0.2, 0.25) is 0 Å². The first kappa shape index (κ1) is 16.6. The third-order valence-corrected chi connectivity index (χ3v) is 5.87. The molecular weight excluding hydrogens is 332 g/mol. The van der Waals surface area contributed by atoms with Crippen LogP contribution in [-0.2, 0) is 4.79 Å². The number of aromatic nitrogens is 3. The molecule has 1 aromatic carbocycles. The standard InChI is InChI=1S/C19H24N4OS/c1-3-22(15-7-5-4-6-8-15)18(24)13(2)25-19-21-20-17(14-9-10-14)23(19)16-11-12-16/h4-8,13-14,16H,3,9-12H2,1-2H3/t13-/m0/s1. The molecule has 1 amide bonds. The minimum atomic E-state index is -0.186. The van der Waals surface area contributed by atoms with E-state index < -0.39 is 0 Å². The molecule has 0 spiro atoms. The van der Waals surface area contributed by atoms with Gasteiger partial charge < -0.3 is 9.47 Å². The smallest absolute Gasteiger partial charge is 0.240 e. The average molecular weight is 356 g/mol. The van der Waals surface area contributed by atoms with Crippen LogP contribution in [0.25, 0.3) is 0 Å². The Labute approximate surface area is 152 Å². The molecule has 2 aliphatic carbocycles. The molecule has 1 heterocycles. The van der Waals surface area contributed by atoms with E-state index in [2.05, 4.69) is 14.8 Å². The highest BCUT2D eigenvalue weighted by Gasteiger charge is 2.37. The maximum absolute atomic E-state index is 13.0. The average Bonchev–Trinajstić information content (AvgIpc) is 3.55. The summed E-state index contributed by atoms with van der Waals surface area (Å²) in [6.45, 7) is 4.65. The van der Waals surface area contributed by atoms with Crippen molar-refractivity contribution in [2.45, 2.75) is 61.9 Å². The highest BCUT2D eigenvalue weighted by Crippen LogP contribution is 2.46. The highest BCUT2D eigenvalue weighted by molar-refractivity contribution is 8.00. The van der Waals surface area contributed by atoms with E-state index >= 15 is 0 Å². The van der Waals surface area contributed by atoms with Crippen LogP contribution in [0.5, 0.6) is 0 Å². The molecule has 2 aromatic rings. The van der Waals surface area contributed by atoms with Gasteiger partial charge in [-0.2, -0.15) is 0 Å². The summed E-state index contributed by atoms with van der Waals surface area (Å²) < 4.78 is 2.31. The third-order valence-electron chi connectivity index (χ3n) is 4.83. The molecule has 2 aliphatic rings. The third kappa shape index (κ3) is 3.45. The Kier molecular flexibility index (Phi) is 4.54. The Balaban J connectivity index is 1.51. The van der Waals surface area contributed by atoms with Crippen molar-refractivity contribution < 1.29 is 4.79 Å². The molecule has 5 nitrogen and oxygen atoms in total. The molecule has 1 atom stereocenters. The molecule has 0 bridgehead atoms. The molecule has 0 radical (unpaired) electrons. The van der Waals surface area contributed by atoms with Gasteiger partial charge in [0.25, 0.3) is 0 Å². The van der Waals surface area contributed by atoms with E-state index in [0.717, 1.165) is 16.7 Å². The van der Waals surface area contributed by atoms with Crippen LogP contribution in [0.1, 0.15) is 57.3 Å². The van der Waals surface area contributed by atoms with E-state index in [1.54, 1.807) is 11.8 Å². The van der Waals surface area contributed by atoms with Gasteiger partial charge in [-0.3, -0.25) is 4.79 Å². The van der Waals surface area contributed by atoms with E-state index in [1.807, 2.05) is 49.1 Å². The number of benzene rings is 1. The van der Waals surface area contributed by atoms with Gasteiger partial charge in [0.15, 0.2) is 5.16 Å². The number of nitrogens with zero attached hydrogens (tertiary/aromatic N) is 4. The fourth-order valence-electron chi connectivity index (χ4n) is 3.17. The van der Waals surface area contributed by atoms with Gasteiger partial charge in [0.1, 0.15) is 5.82 Å². The lowest BCUT2D eigenvalue weighted by Crippen LogP contribution is -2.36. The molecule has 6 heteroatoms. The largest absolute Gasteiger partial charge is 0.312 e. The second kappa shape index (κ2) is 6.83. The Morgan fingerprint density at radius 2 is 1.96 bits per heavy atom. The monoisotopic (exact) mass is 356 g/mol. The fourth-order valence-corrected chi connectivity index (χ4v) is 4.15. The lowest BCUT2D eigenvalue weighted by atomic mass is 10.2. The minimum Gasteiger partial charge on any atom is -0.312 e. The maximum atomic E-state index is 13.0. The van der Waals surface area contributed by atoms with E-state index in [-0.39, 0.29) is 11.2 Å². The first-order valence-corrected chi connectivity index (χ1v) is 10.0. The van der Waals surface area contributed by atoms with Crippen LogP contribution in [-0.4, -0.2) is 32.5 Å². The molecule has 25 heavy (non-hydrogen) atoms. The molecule has 0 saturated heterocycles. The molecule has 4 rings (SSSR count). The van der Waals surface area contributed by atoms with Crippen molar-refractivity contribution >= 4 is 23.4 Å². The topological polar surface area (TPSA) is 51.0 Å². The van der Waals surface area contributed by atoms with Gasteiger partial charge in [-0.1, -0.05) is 30.0 Å². The summed E-state index contributed by atoms with van der Waals surface area (Å²) in [5.74, 6) is 1.85. The van der Waals surface area contributed by atoms with Gasteiger partial charge in [0.05, 0.1) is 5.25 Å². The van der Waals surface area contributed by atoms with E-state index in [4.69, 9.17) is 0 Å². The number of carbonyl (C=O) groups excluding carboxylic acids is 1. The fraction of sp³-hybridized carbons (Fsp3) is 0.526. The predicted molar refractivity (Wildman–Crippen MR) is 100 cm³/mol. The molecule has 2 fully saturated rings. The lowest BCUT2D eigenvalue weighted by Gasteiger charge is -2.24. The van der Waals surface area contributed by atoms with Gasteiger partial charge in [0, 0.05) is 24.2 Å². The highest BCUT2D eigenvalue weighted by atomic mass is 32.2. The summed E-state index contributed by atoms with van der Waals surface area (Å²) in [7, 11) is 0. The minimum absolute atomic E-state index is 0.122. The SMILES string of the molecule is CCN(C(=O)[C@H](C)Sc1nnc(C2CC2)n1C1CC1)c1ccccc1. The summed E-state index contributed by atoms with van der Waals surface area (Å²) in [4.78, 5) is 14.8. The molecule has 132 valence electrons. The zero-order valence-corrected chi connectivity index (χ0v) is 15.6. The number of para-hydroxylation sites is 1. The molecular formula is C19H24N4OS. The number of rotatable bonds is 7. The number of hydrogen-bond donors (Lipinski definition) is 0. The zero-order chi connectivity index (χ0) is 17.4. The summed E-state index contributed by atoms with van der Waals surface area (Å²) >= 11 is 1.55. The van der Waals surface area contributed by atoms with Crippen LogP contribution >= 0.6 is 11.8 Å². The Morgan fingerprint density at radius 3 is 2.56 bits per heavy atom. The first-order valence-electron chi connectivity index (χ1n) is 9.17. The van der Waals surface area contributed by atoms with Crippen molar-refractivity contribution in [2.75, 3.05) is 11.4 Å². The number of carbonyl (C=O) groups is 1. The summed E-state index contributed by atoms with van der Waals surface area (Å²) in [5.41, 5.74) is 0.949.